The predicted molar refractivity (Wildman–Crippen MR) is 233 cm³/mol. The van der Waals surface area contributed by atoms with E-state index in [0.717, 1.165) is 105 Å². The third-order valence-corrected chi connectivity index (χ3v) is 11.2. The van der Waals surface area contributed by atoms with E-state index in [-0.39, 0.29) is 6.17 Å². The van der Waals surface area contributed by atoms with E-state index in [1.54, 1.807) is 0 Å². The second-order valence-electron chi connectivity index (χ2n) is 14.6. The molecule has 3 aromatic heterocycles. The zero-order valence-corrected chi connectivity index (χ0v) is 30.6. The number of aliphatic imine (C=N–C) groups is 2. The van der Waals surface area contributed by atoms with Crippen LogP contribution in [0.1, 0.15) is 22.9 Å². The average Bonchev–Trinajstić information content (AvgIpc) is 3.94. The van der Waals surface area contributed by atoms with E-state index in [1.165, 1.54) is 0 Å². The van der Waals surface area contributed by atoms with Crippen molar-refractivity contribution < 1.29 is 8.83 Å². The molecule has 11 aromatic rings. The van der Waals surface area contributed by atoms with Crippen molar-refractivity contribution in [1.82, 2.24) is 9.88 Å². The van der Waals surface area contributed by atoms with E-state index in [0.29, 0.717) is 5.84 Å². The summed E-state index contributed by atoms with van der Waals surface area (Å²) in [4.78, 5) is 10.5. The van der Waals surface area contributed by atoms with Gasteiger partial charge in [-0.15, -0.1) is 0 Å². The molecule has 0 fully saturated rings. The number of para-hydroxylation sites is 3. The molecule has 0 saturated carbocycles. The topological polar surface area (TPSA) is 68.0 Å². The first-order valence-electron chi connectivity index (χ1n) is 19.2. The summed E-state index contributed by atoms with van der Waals surface area (Å²) in [6, 6.07) is 63.4. The Hall–Kier alpha value is -7.70. The van der Waals surface area contributed by atoms with Crippen molar-refractivity contribution in [2.24, 2.45) is 9.98 Å². The van der Waals surface area contributed by atoms with Gasteiger partial charge < -0.3 is 18.7 Å². The van der Waals surface area contributed by atoms with Gasteiger partial charge in [-0.3, -0.25) is 0 Å². The van der Waals surface area contributed by atoms with Crippen LogP contribution in [0.2, 0.25) is 0 Å². The van der Waals surface area contributed by atoms with Gasteiger partial charge >= 0.3 is 0 Å². The Bertz CT molecular complexity index is 3440. The highest BCUT2D eigenvalue weighted by atomic mass is 16.3. The molecule has 1 N–H and O–H groups in total. The molecule has 6 nitrogen and oxygen atoms in total. The normalized spacial score (nSPS) is 14.5. The minimum atomic E-state index is -0.361. The Morgan fingerprint density at radius 3 is 1.84 bits per heavy atom. The number of rotatable bonds is 5. The second-order valence-corrected chi connectivity index (χ2v) is 14.6. The zero-order valence-electron chi connectivity index (χ0n) is 30.6. The van der Waals surface area contributed by atoms with Gasteiger partial charge in [0.15, 0.2) is 5.84 Å². The number of fused-ring (bicyclic) bond motifs is 9. The molecule has 0 radical (unpaired) electrons. The summed E-state index contributed by atoms with van der Waals surface area (Å²) >= 11 is 0. The van der Waals surface area contributed by atoms with E-state index >= 15 is 0 Å². The van der Waals surface area contributed by atoms with Crippen LogP contribution < -0.4 is 5.32 Å². The highest BCUT2D eigenvalue weighted by molar-refractivity contribution is 6.18. The SMILES string of the molecule is c1ccc(-c2cc(C3=NC(c4ccc5c(c4)oc4ccccc45)=NC(c4ccccc4)N3)cc(-n3c4ccccc4c4cc5oc6ccccc6c5cc43)c2)cc1. The number of hydrogen-bond acceptors (Lipinski definition) is 5. The monoisotopic (exact) mass is 732 g/mol. The predicted octanol–water partition coefficient (Wildman–Crippen LogP) is 12.7. The number of amidine groups is 2. The Morgan fingerprint density at radius 1 is 0.421 bits per heavy atom. The van der Waals surface area contributed by atoms with Crippen LogP contribution in [-0.4, -0.2) is 16.2 Å². The fourth-order valence-electron chi connectivity index (χ4n) is 8.54. The fourth-order valence-corrected chi connectivity index (χ4v) is 8.54. The number of hydrogen-bond donors (Lipinski definition) is 1. The van der Waals surface area contributed by atoms with Gasteiger partial charge in [0.05, 0.1) is 11.0 Å². The molecule has 1 atom stereocenters. The highest BCUT2D eigenvalue weighted by Gasteiger charge is 2.24. The van der Waals surface area contributed by atoms with Gasteiger partial charge in [0.2, 0.25) is 0 Å². The third kappa shape index (κ3) is 5.11. The standard InChI is InChI=1S/C51H32N4O2/c1-3-13-31(14-4-1)34-25-35(27-36(26-34)55-43-20-10-7-17-37(43)41-30-48-42(29-44(41)55)39-19-9-12-22-46(39)57-48)51-53-49(32-15-5-2-6-16-32)52-50(54-51)33-23-24-40-38-18-8-11-21-45(38)56-47(40)28-33/h1-30,49H,(H,52,53,54). The number of aromatic nitrogens is 1. The van der Waals surface area contributed by atoms with Crippen LogP contribution >= 0.6 is 0 Å². The molecule has 1 aliphatic heterocycles. The summed E-state index contributed by atoms with van der Waals surface area (Å²) in [6.45, 7) is 0. The smallest absolute Gasteiger partial charge is 0.159 e. The van der Waals surface area contributed by atoms with Gasteiger partial charge in [0.1, 0.15) is 34.3 Å². The Balaban J connectivity index is 1.09. The summed E-state index contributed by atoms with van der Waals surface area (Å²) in [5.74, 6) is 1.37. The molecule has 0 amide bonds. The molecule has 57 heavy (non-hydrogen) atoms. The maximum absolute atomic E-state index is 6.38. The van der Waals surface area contributed by atoms with Crippen molar-refractivity contribution in [3.05, 3.63) is 199 Å². The van der Waals surface area contributed by atoms with Crippen LogP contribution in [0.15, 0.2) is 201 Å². The lowest BCUT2D eigenvalue weighted by molar-refractivity contribution is 0.667. The maximum Gasteiger partial charge on any atom is 0.159 e. The van der Waals surface area contributed by atoms with E-state index < -0.39 is 0 Å². The van der Waals surface area contributed by atoms with Crippen molar-refractivity contribution in [2.45, 2.75) is 6.17 Å². The quantitative estimate of drug-likeness (QED) is 0.192. The molecule has 0 saturated heterocycles. The summed E-state index contributed by atoms with van der Waals surface area (Å²) in [5, 5.41) is 10.4. The number of nitrogens with zero attached hydrogens (tertiary/aromatic N) is 3. The first-order valence-corrected chi connectivity index (χ1v) is 19.2. The van der Waals surface area contributed by atoms with Crippen LogP contribution in [0.4, 0.5) is 0 Å². The zero-order chi connectivity index (χ0) is 37.5. The van der Waals surface area contributed by atoms with Crippen molar-refractivity contribution in [1.29, 1.82) is 0 Å². The molecule has 4 heterocycles. The summed E-state index contributed by atoms with van der Waals surface area (Å²) < 4.78 is 15.1. The molecule has 1 aliphatic rings. The van der Waals surface area contributed by atoms with E-state index in [4.69, 9.17) is 18.8 Å². The lowest BCUT2D eigenvalue weighted by Gasteiger charge is -2.24. The molecule has 8 aromatic carbocycles. The van der Waals surface area contributed by atoms with Gasteiger partial charge in [0.25, 0.3) is 0 Å². The van der Waals surface area contributed by atoms with Gasteiger partial charge in [0, 0.05) is 49.1 Å². The van der Waals surface area contributed by atoms with E-state index in [9.17, 15) is 0 Å². The molecule has 268 valence electrons. The minimum absolute atomic E-state index is 0.361. The van der Waals surface area contributed by atoms with E-state index in [2.05, 4.69) is 155 Å². The van der Waals surface area contributed by atoms with Crippen LogP contribution in [-0.2, 0) is 0 Å². The van der Waals surface area contributed by atoms with Crippen LogP contribution in [0, 0.1) is 0 Å². The maximum atomic E-state index is 6.38. The molecule has 6 heteroatoms. The first kappa shape index (κ1) is 31.6. The summed E-state index contributed by atoms with van der Waals surface area (Å²) in [6.07, 6.45) is -0.361. The van der Waals surface area contributed by atoms with Gasteiger partial charge in [-0.2, -0.15) is 0 Å². The average molecular weight is 733 g/mol. The van der Waals surface area contributed by atoms with Gasteiger partial charge in [-0.05, 0) is 77.4 Å². The van der Waals surface area contributed by atoms with Gasteiger partial charge in [-0.25, -0.2) is 9.98 Å². The molecule has 0 bridgehead atoms. The lowest BCUT2D eigenvalue weighted by atomic mass is 10.0. The minimum Gasteiger partial charge on any atom is -0.456 e. The van der Waals surface area contributed by atoms with Crippen LogP contribution in [0.5, 0.6) is 0 Å². The lowest BCUT2D eigenvalue weighted by Crippen LogP contribution is -2.33. The molecule has 12 rings (SSSR count). The molecule has 0 aliphatic carbocycles. The molecular formula is C51H32N4O2. The Morgan fingerprint density at radius 2 is 1.05 bits per heavy atom. The van der Waals surface area contributed by atoms with Crippen molar-refractivity contribution >= 4 is 77.4 Å². The van der Waals surface area contributed by atoms with Crippen molar-refractivity contribution in [2.75, 3.05) is 0 Å². The Labute approximate surface area is 326 Å². The van der Waals surface area contributed by atoms with Gasteiger partial charge in [-0.1, -0.05) is 121 Å². The van der Waals surface area contributed by atoms with Crippen molar-refractivity contribution in [3.8, 4) is 16.8 Å². The largest absolute Gasteiger partial charge is 0.456 e. The van der Waals surface area contributed by atoms with Crippen LogP contribution in [0.3, 0.4) is 0 Å². The number of furan rings is 2. The van der Waals surface area contributed by atoms with Crippen molar-refractivity contribution in [3.63, 3.8) is 0 Å². The fraction of sp³-hybridized carbons (Fsp3) is 0.0196. The highest BCUT2D eigenvalue weighted by Crippen LogP contribution is 2.39. The number of benzene rings is 8. The Kier molecular flexibility index (Phi) is 6.89. The molecule has 0 spiro atoms. The summed E-state index contributed by atoms with van der Waals surface area (Å²) in [5.41, 5.74) is 11.8. The third-order valence-electron chi connectivity index (χ3n) is 11.2. The molecule has 1 unspecified atom stereocenters. The van der Waals surface area contributed by atoms with E-state index in [1.807, 2.05) is 36.4 Å². The number of nitrogens with one attached hydrogen (secondary N) is 1. The van der Waals surface area contributed by atoms with Crippen LogP contribution in [0.25, 0.3) is 82.5 Å². The first-order chi connectivity index (χ1) is 28.2. The molecular weight excluding hydrogens is 701 g/mol. The summed E-state index contributed by atoms with van der Waals surface area (Å²) in [7, 11) is 0. The second kappa shape index (κ2) is 12.4.